The molecular weight excluding hydrogens is 564 g/mol. The zero-order valence-corrected chi connectivity index (χ0v) is 25.7. The Labute approximate surface area is 247 Å². The molecule has 3 aromatic carbocycles. The number of halogens is 1. The number of hydrogen-bond acceptors (Lipinski definition) is 3. The molecule has 1 fully saturated rings. The van der Waals surface area contributed by atoms with Crippen LogP contribution in [0.1, 0.15) is 68.7 Å². The van der Waals surface area contributed by atoms with E-state index in [2.05, 4.69) is 48.1 Å². The molecule has 0 heterocycles. The number of benzene rings is 3. The van der Waals surface area contributed by atoms with E-state index in [1.807, 2.05) is 73.7 Å². The van der Waals surface area contributed by atoms with Gasteiger partial charge in [-0.25, -0.2) is 0 Å². The second kappa shape index (κ2) is 13.5. The Balaban J connectivity index is 1.61. The van der Waals surface area contributed by atoms with E-state index in [4.69, 9.17) is 4.74 Å². The summed E-state index contributed by atoms with van der Waals surface area (Å²) < 4.78 is 6.86. The first-order chi connectivity index (χ1) is 19.1. The molecule has 212 valence electrons. The Bertz CT molecular complexity index is 1300. The molecule has 40 heavy (non-hydrogen) atoms. The Kier molecular flexibility index (Phi) is 10.1. The van der Waals surface area contributed by atoms with Crippen LogP contribution in [0.2, 0.25) is 0 Å². The molecule has 0 spiro atoms. The molecule has 0 radical (unpaired) electrons. The van der Waals surface area contributed by atoms with Gasteiger partial charge in [-0.15, -0.1) is 0 Å². The molecule has 4 rings (SSSR count). The van der Waals surface area contributed by atoms with Crippen LogP contribution in [0.15, 0.2) is 77.3 Å². The molecular formula is C34H41BrN2O3. The number of ether oxygens (including phenoxy) is 1. The van der Waals surface area contributed by atoms with Crippen molar-refractivity contribution in [1.82, 2.24) is 10.2 Å². The van der Waals surface area contributed by atoms with Crippen LogP contribution in [0.4, 0.5) is 0 Å². The van der Waals surface area contributed by atoms with Gasteiger partial charge in [-0.2, -0.15) is 0 Å². The third-order valence-electron chi connectivity index (χ3n) is 7.56. The highest BCUT2D eigenvalue weighted by Crippen LogP contribution is 2.31. The minimum Gasteiger partial charge on any atom is -0.483 e. The first-order valence-corrected chi connectivity index (χ1v) is 15.0. The largest absolute Gasteiger partial charge is 0.483 e. The first kappa shape index (κ1) is 29.9. The molecule has 1 aliphatic rings. The van der Waals surface area contributed by atoms with Crippen LogP contribution in [0.3, 0.4) is 0 Å². The highest BCUT2D eigenvalue weighted by molar-refractivity contribution is 9.10. The molecule has 1 N–H and O–H groups in total. The summed E-state index contributed by atoms with van der Waals surface area (Å²) >= 11 is 3.62. The second-order valence-corrected chi connectivity index (χ2v) is 12.7. The van der Waals surface area contributed by atoms with Crippen molar-refractivity contribution in [1.29, 1.82) is 0 Å². The lowest BCUT2D eigenvalue weighted by atomic mass is 9.87. The third kappa shape index (κ3) is 8.20. The van der Waals surface area contributed by atoms with Gasteiger partial charge in [-0.05, 0) is 69.9 Å². The maximum Gasteiger partial charge on any atom is 0.261 e. The molecule has 5 nitrogen and oxygen atoms in total. The highest BCUT2D eigenvalue weighted by Gasteiger charge is 2.32. The van der Waals surface area contributed by atoms with Crippen LogP contribution in [0.25, 0.3) is 0 Å². The van der Waals surface area contributed by atoms with E-state index >= 15 is 0 Å². The lowest BCUT2D eigenvalue weighted by Gasteiger charge is -2.32. The predicted octanol–water partition coefficient (Wildman–Crippen LogP) is 7.13. The van der Waals surface area contributed by atoms with Crippen molar-refractivity contribution in [2.45, 2.75) is 83.8 Å². The van der Waals surface area contributed by atoms with Crippen molar-refractivity contribution < 1.29 is 14.3 Å². The molecule has 0 aromatic heterocycles. The number of amides is 2. The summed E-state index contributed by atoms with van der Waals surface area (Å²) in [6, 6.07) is 23.5. The van der Waals surface area contributed by atoms with Gasteiger partial charge < -0.3 is 15.0 Å². The summed E-state index contributed by atoms with van der Waals surface area (Å²) in [5.74, 6) is 0.273. The van der Waals surface area contributed by atoms with Gasteiger partial charge in [0.05, 0.1) is 4.47 Å². The van der Waals surface area contributed by atoms with E-state index in [0.29, 0.717) is 18.7 Å². The monoisotopic (exact) mass is 604 g/mol. The highest BCUT2D eigenvalue weighted by atomic mass is 79.9. The SMILES string of the molecule is Cc1cccc(CN(C(=O)COc2ccc(C(C)(C)C)cc2Br)[C@@H](Cc2ccccc2)C(=O)NC2CCCC2)c1. The van der Waals surface area contributed by atoms with Gasteiger partial charge in [-0.3, -0.25) is 9.59 Å². The maximum atomic E-state index is 13.9. The van der Waals surface area contributed by atoms with Crippen LogP contribution < -0.4 is 10.1 Å². The van der Waals surface area contributed by atoms with E-state index < -0.39 is 6.04 Å². The van der Waals surface area contributed by atoms with E-state index in [9.17, 15) is 9.59 Å². The molecule has 6 heteroatoms. The van der Waals surface area contributed by atoms with Crippen molar-refractivity contribution >= 4 is 27.7 Å². The van der Waals surface area contributed by atoms with Crippen molar-refractivity contribution in [2.24, 2.45) is 0 Å². The van der Waals surface area contributed by atoms with Gasteiger partial charge >= 0.3 is 0 Å². The predicted molar refractivity (Wildman–Crippen MR) is 164 cm³/mol. The van der Waals surface area contributed by atoms with Crippen LogP contribution in [0, 0.1) is 6.92 Å². The summed E-state index contributed by atoms with van der Waals surface area (Å²) in [5, 5.41) is 3.25. The summed E-state index contributed by atoms with van der Waals surface area (Å²) in [6.45, 7) is 8.67. The van der Waals surface area contributed by atoms with Gasteiger partial charge in [0.15, 0.2) is 6.61 Å². The summed E-state index contributed by atoms with van der Waals surface area (Å²) in [5.41, 5.74) is 4.27. The Morgan fingerprint density at radius 2 is 1.68 bits per heavy atom. The fraction of sp³-hybridized carbons (Fsp3) is 0.412. The molecule has 1 saturated carbocycles. The van der Waals surface area contributed by atoms with Crippen molar-refractivity contribution in [3.63, 3.8) is 0 Å². The Morgan fingerprint density at radius 3 is 2.33 bits per heavy atom. The quantitative estimate of drug-likeness (QED) is 0.268. The standard InChI is InChI=1S/C34H41BrN2O3/c1-24-11-10-14-26(19-24)22-37(32(38)23-40-31-18-17-27(21-29(31)35)34(2,3)4)30(20-25-12-6-5-7-13-25)33(39)36-28-15-8-9-16-28/h5-7,10-14,17-19,21,28,30H,8-9,15-16,20,22-23H2,1-4H3,(H,36,39)/t30-/m0/s1. The Hall–Kier alpha value is -3.12. The van der Waals surface area contributed by atoms with Gasteiger partial charge in [-0.1, -0.05) is 99.8 Å². The van der Waals surface area contributed by atoms with Crippen molar-refractivity contribution in [2.75, 3.05) is 6.61 Å². The van der Waals surface area contributed by atoms with Crippen LogP contribution >= 0.6 is 15.9 Å². The fourth-order valence-corrected chi connectivity index (χ4v) is 5.73. The molecule has 1 atom stereocenters. The van der Waals surface area contributed by atoms with Gasteiger partial charge in [0.1, 0.15) is 11.8 Å². The second-order valence-electron chi connectivity index (χ2n) is 11.9. The topological polar surface area (TPSA) is 58.6 Å². The zero-order chi connectivity index (χ0) is 28.7. The number of carbonyl (C=O) groups excluding carboxylic acids is 2. The zero-order valence-electron chi connectivity index (χ0n) is 24.1. The van der Waals surface area contributed by atoms with Crippen LogP contribution in [-0.2, 0) is 28.0 Å². The lowest BCUT2D eigenvalue weighted by Crippen LogP contribution is -2.53. The van der Waals surface area contributed by atoms with E-state index in [0.717, 1.165) is 46.8 Å². The molecule has 0 bridgehead atoms. The van der Waals surface area contributed by atoms with Gasteiger partial charge in [0, 0.05) is 19.0 Å². The minimum atomic E-state index is -0.661. The van der Waals surface area contributed by atoms with Crippen molar-refractivity contribution in [3.8, 4) is 5.75 Å². The smallest absolute Gasteiger partial charge is 0.261 e. The molecule has 1 aliphatic carbocycles. The van der Waals surface area contributed by atoms with E-state index in [1.165, 1.54) is 5.56 Å². The van der Waals surface area contributed by atoms with E-state index in [1.54, 1.807) is 4.90 Å². The van der Waals surface area contributed by atoms with Gasteiger partial charge in [0.2, 0.25) is 5.91 Å². The molecule has 0 saturated heterocycles. The molecule has 3 aromatic rings. The van der Waals surface area contributed by atoms with Crippen LogP contribution in [-0.4, -0.2) is 35.4 Å². The minimum absolute atomic E-state index is 0.00117. The number of nitrogens with one attached hydrogen (secondary N) is 1. The normalized spacial score (nSPS) is 14.5. The number of aryl methyl sites for hydroxylation is 1. The number of rotatable bonds is 10. The molecule has 0 unspecified atom stereocenters. The van der Waals surface area contributed by atoms with E-state index in [-0.39, 0.29) is 29.9 Å². The Morgan fingerprint density at radius 1 is 0.975 bits per heavy atom. The van der Waals surface area contributed by atoms with Gasteiger partial charge in [0.25, 0.3) is 5.91 Å². The number of nitrogens with zero attached hydrogens (tertiary/aromatic N) is 1. The average molecular weight is 606 g/mol. The van der Waals surface area contributed by atoms with Crippen molar-refractivity contribution in [3.05, 3.63) is 99.5 Å². The molecule has 2 amide bonds. The average Bonchev–Trinajstić information content (AvgIpc) is 3.43. The summed E-state index contributed by atoms with van der Waals surface area (Å²) in [6.07, 6.45) is 4.64. The maximum absolute atomic E-state index is 13.9. The number of hydrogen-bond donors (Lipinski definition) is 1. The fourth-order valence-electron chi connectivity index (χ4n) is 5.24. The number of carbonyl (C=O) groups is 2. The third-order valence-corrected chi connectivity index (χ3v) is 8.18. The van der Waals surface area contributed by atoms with Crippen LogP contribution in [0.5, 0.6) is 5.75 Å². The first-order valence-electron chi connectivity index (χ1n) is 14.2. The summed E-state index contributed by atoms with van der Waals surface area (Å²) in [4.78, 5) is 29.4. The molecule has 0 aliphatic heterocycles. The summed E-state index contributed by atoms with van der Waals surface area (Å²) in [7, 11) is 0. The lowest BCUT2D eigenvalue weighted by molar-refractivity contribution is -0.143.